The van der Waals surface area contributed by atoms with E-state index in [9.17, 15) is 4.79 Å². The largest absolute Gasteiger partial charge is 0.349 e. The normalized spacial score (nSPS) is 23.8. The fourth-order valence-corrected chi connectivity index (χ4v) is 4.30. The molecule has 2 heterocycles. The highest BCUT2D eigenvalue weighted by molar-refractivity contribution is 5.90. The maximum Gasteiger partial charge on any atom is 0.291 e. The predicted octanol–water partition coefficient (Wildman–Crippen LogP) is 2.07. The third kappa shape index (κ3) is 2.17. The molecular weight excluding hydrogens is 314 g/mol. The molecule has 0 radical (unpaired) electrons. The van der Waals surface area contributed by atoms with E-state index in [2.05, 4.69) is 44.6 Å². The standard InChI is InChI=1S/C19H19N5O/c1-12-7-9-20-18-22-16(23-24(12)18)17(25)21-11-14-10-19(14)8-6-13-4-2-3-5-15(13)19/h2-5,7,9,14H,6,8,10-11H2,1H3,(H,21,25)/t14-,19-/m0/s1. The van der Waals surface area contributed by atoms with Crippen LogP contribution in [0.2, 0.25) is 0 Å². The highest BCUT2D eigenvalue weighted by atomic mass is 16.2. The summed E-state index contributed by atoms with van der Waals surface area (Å²) in [6.07, 6.45) is 5.18. The number of amides is 1. The second-order valence-electron chi connectivity index (χ2n) is 7.16. The fourth-order valence-electron chi connectivity index (χ4n) is 4.30. The van der Waals surface area contributed by atoms with Gasteiger partial charge in [-0.2, -0.15) is 4.98 Å². The van der Waals surface area contributed by atoms with Gasteiger partial charge in [0.2, 0.25) is 5.82 Å². The molecule has 1 fully saturated rings. The SMILES string of the molecule is Cc1ccnc2nc(C(=O)NC[C@@H]3C[C@@]34CCc3ccccc34)nn12. The van der Waals surface area contributed by atoms with E-state index in [1.807, 2.05) is 13.0 Å². The minimum Gasteiger partial charge on any atom is -0.349 e. The van der Waals surface area contributed by atoms with E-state index >= 15 is 0 Å². The van der Waals surface area contributed by atoms with Gasteiger partial charge >= 0.3 is 0 Å². The van der Waals surface area contributed by atoms with Crippen molar-refractivity contribution in [2.24, 2.45) is 5.92 Å². The van der Waals surface area contributed by atoms with Crippen molar-refractivity contribution in [1.82, 2.24) is 24.9 Å². The Hall–Kier alpha value is -2.76. The van der Waals surface area contributed by atoms with Crippen molar-refractivity contribution >= 4 is 11.7 Å². The monoisotopic (exact) mass is 333 g/mol. The van der Waals surface area contributed by atoms with Crippen LogP contribution in [0.3, 0.4) is 0 Å². The number of fused-ring (bicyclic) bond motifs is 3. The Morgan fingerprint density at radius 1 is 1.36 bits per heavy atom. The summed E-state index contributed by atoms with van der Waals surface area (Å²) >= 11 is 0. The number of rotatable bonds is 3. The van der Waals surface area contributed by atoms with Crippen molar-refractivity contribution in [1.29, 1.82) is 0 Å². The minimum atomic E-state index is -0.224. The molecule has 0 saturated heterocycles. The summed E-state index contributed by atoms with van der Waals surface area (Å²) < 4.78 is 1.60. The maximum absolute atomic E-state index is 12.4. The van der Waals surface area contributed by atoms with Crippen LogP contribution in [-0.4, -0.2) is 32.0 Å². The summed E-state index contributed by atoms with van der Waals surface area (Å²) in [5, 5.41) is 7.28. The van der Waals surface area contributed by atoms with Gasteiger partial charge in [0.15, 0.2) is 0 Å². The van der Waals surface area contributed by atoms with Gasteiger partial charge in [-0.05, 0) is 49.3 Å². The van der Waals surface area contributed by atoms with E-state index in [1.165, 1.54) is 17.5 Å². The Kier molecular flexibility index (Phi) is 2.98. The number of nitrogens with one attached hydrogen (secondary N) is 1. The lowest BCUT2D eigenvalue weighted by molar-refractivity contribution is 0.0940. The van der Waals surface area contributed by atoms with E-state index < -0.39 is 0 Å². The van der Waals surface area contributed by atoms with Crippen molar-refractivity contribution in [2.75, 3.05) is 6.54 Å². The van der Waals surface area contributed by atoms with Crippen molar-refractivity contribution in [3.63, 3.8) is 0 Å². The first-order valence-electron chi connectivity index (χ1n) is 8.72. The highest BCUT2D eigenvalue weighted by Gasteiger charge is 2.57. The Balaban J connectivity index is 1.29. The van der Waals surface area contributed by atoms with Gasteiger partial charge in [-0.1, -0.05) is 24.3 Å². The molecule has 2 atom stereocenters. The number of carbonyl (C=O) groups excluding carboxylic acids is 1. The van der Waals surface area contributed by atoms with Crippen molar-refractivity contribution < 1.29 is 4.79 Å². The highest BCUT2D eigenvalue weighted by Crippen LogP contribution is 2.61. The van der Waals surface area contributed by atoms with Gasteiger partial charge in [-0.3, -0.25) is 4.79 Å². The van der Waals surface area contributed by atoms with Crippen molar-refractivity contribution in [3.8, 4) is 0 Å². The summed E-state index contributed by atoms with van der Waals surface area (Å²) in [5.74, 6) is 0.927. The lowest BCUT2D eigenvalue weighted by Gasteiger charge is -2.11. The van der Waals surface area contributed by atoms with Crippen LogP contribution in [-0.2, 0) is 11.8 Å². The molecular formula is C19H19N5O. The molecule has 0 unspecified atom stereocenters. The number of nitrogens with zero attached hydrogens (tertiary/aromatic N) is 4. The number of aromatic nitrogens is 4. The van der Waals surface area contributed by atoms with E-state index in [-0.39, 0.29) is 17.1 Å². The molecule has 2 aliphatic rings. The second kappa shape index (κ2) is 5.12. The van der Waals surface area contributed by atoms with Gasteiger partial charge in [-0.15, -0.1) is 5.10 Å². The van der Waals surface area contributed by atoms with E-state index in [0.717, 1.165) is 18.5 Å². The van der Waals surface area contributed by atoms with E-state index in [0.29, 0.717) is 18.2 Å². The van der Waals surface area contributed by atoms with Crippen LogP contribution in [0.25, 0.3) is 5.78 Å². The first-order valence-corrected chi connectivity index (χ1v) is 8.72. The van der Waals surface area contributed by atoms with Gasteiger partial charge in [0.05, 0.1) is 0 Å². The summed E-state index contributed by atoms with van der Waals surface area (Å²) in [5.41, 5.74) is 4.15. The number of aryl methyl sites for hydroxylation is 2. The molecule has 0 bridgehead atoms. The molecule has 1 aromatic carbocycles. The predicted molar refractivity (Wildman–Crippen MR) is 92.4 cm³/mol. The average molecular weight is 333 g/mol. The molecule has 1 spiro atoms. The van der Waals surface area contributed by atoms with E-state index in [1.54, 1.807) is 10.7 Å². The third-order valence-corrected chi connectivity index (χ3v) is 5.77. The smallest absolute Gasteiger partial charge is 0.291 e. The molecule has 126 valence electrons. The molecule has 25 heavy (non-hydrogen) atoms. The number of carbonyl (C=O) groups is 1. The minimum absolute atomic E-state index is 0.184. The summed E-state index contributed by atoms with van der Waals surface area (Å²) in [7, 11) is 0. The quantitative estimate of drug-likeness (QED) is 0.796. The molecule has 5 rings (SSSR count). The lowest BCUT2D eigenvalue weighted by atomic mass is 9.95. The van der Waals surface area contributed by atoms with Crippen molar-refractivity contribution in [2.45, 2.75) is 31.6 Å². The molecule has 2 aliphatic carbocycles. The van der Waals surface area contributed by atoms with Crippen LogP contribution in [0, 0.1) is 12.8 Å². The zero-order valence-electron chi connectivity index (χ0n) is 14.1. The summed E-state index contributed by atoms with van der Waals surface area (Å²) in [4.78, 5) is 20.8. The number of benzene rings is 1. The fraction of sp³-hybridized carbons (Fsp3) is 0.368. The van der Waals surface area contributed by atoms with Crippen LogP contribution >= 0.6 is 0 Å². The molecule has 6 nitrogen and oxygen atoms in total. The molecule has 1 N–H and O–H groups in total. The topological polar surface area (TPSA) is 72.2 Å². The number of hydrogen-bond donors (Lipinski definition) is 1. The maximum atomic E-state index is 12.4. The van der Waals surface area contributed by atoms with Crippen LogP contribution < -0.4 is 5.32 Å². The van der Waals surface area contributed by atoms with Crippen LogP contribution in [0.4, 0.5) is 0 Å². The van der Waals surface area contributed by atoms with Gasteiger partial charge in [0, 0.05) is 23.9 Å². The van der Waals surface area contributed by atoms with Crippen LogP contribution in [0.15, 0.2) is 36.5 Å². The van der Waals surface area contributed by atoms with E-state index in [4.69, 9.17) is 0 Å². The van der Waals surface area contributed by atoms with Crippen LogP contribution in [0.5, 0.6) is 0 Å². The Labute approximate surface area is 145 Å². The second-order valence-corrected chi connectivity index (χ2v) is 7.16. The van der Waals surface area contributed by atoms with Gasteiger partial charge in [-0.25, -0.2) is 9.50 Å². The first-order chi connectivity index (χ1) is 12.2. The molecule has 0 aliphatic heterocycles. The molecule has 1 amide bonds. The molecule has 1 saturated carbocycles. The van der Waals surface area contributed by atoms with Gasteiger partial charge in [0.25, 0.3) is 11.7 Å². The first kappa shape index (κ1) is 14.6. The third-order valence-electron chi connectivity index (χ3n) is 5.77. The zero-order valence-corrected chi connectivity index (χ0v) is 14.1. The molecule has 6 heteroatoms. The zero-order chi connectivity index (χ0) is 17.0. The summed E-state index contributed by atoms with van der Waals surface area (Å²) in [6.45, 7) is 2.59. The van der Waals surface area contributed by atoms with Gasteiger partial charge < -0.3 is 5.32 Å². The Morgan fingerprint density at radius 2 is 2.24 bits per heavy atom. The van der Waals surface area contributed by atoms with Crippen molar-refractivity contribution in [3.05, 3.63) is 59.2 Å². The van der Waals surface area contributed by atoms with Crippen LogP contribution in [0.1, 0.15) is 40.3 Å². The number of hydrogen-bond acceptors (Lipinski definition) is 4. The van der Waals surface area contributed by atoms with Gasteiger partial charge in [0.1, 0.15) is 0 Å². The lowest BCUT2D eigenvalue weighted by Crippen LogP contribution is -2.28. The average Bonchev–Trinajstić information content (AvgIpc) is 2.97. The molecule has 3 aromatic rings. The Bertz CT molecular complexity index is 994. The Morgan fingerprint density at radius 3 is 3.12 bits per heavy atom. The summed E-state index contributed by atoms with van der Waals surface area (Å²) in [6, 6.07) is 10.6. The molecule has 2 aromatic heterocycles.